The Morgan fingerprint density at radius 3 is 2.50 bits per heavy atom. The molecule has 0 amide bonds. The van der Waals surface area contributed by atoms with E-state index < -0.39 is 0 Å². The van der Waals surface area contributed by atoms with E-state index in [1.54, 1.807) is 0 Å². The van der Waals surface area contributed by atoms with Crippen LogP contribution in [0.1, 0.15) is 13.8 Å². The van der Waals surface area contributed by atoms with Gasteiger partial charge in [-0.3, -0.25) is 19.6 Å². The Balaban J connectivity index is 2.90. The van der Waals surface area contributed by atoms with Gasteiger partial charge >= 0.3 is 0 Å². The van der Waals surface area contributed by atoms with Crippen LogP contribution in [0.3, 0.4) is 0 Å². The molecule has 0 radical (unpaired) electrons. The Morgan fingerprint density at radius 1 is 1.29 bits per heavy atom. The smallest absolute Gasteiger partial charge is 0.266 e. The van der Waals surface area contributed by atoms with Gasteiger partial charge in [0.1, 0.15) is 0 Å². The summed E-state index contributed by atoms with van der Waals surface area (Å²) < 4.78 is 1.31. The summed E-state index contributed by atoms with van der Waals surface area (Å²) in [5.41, 5.74) is -0.437. The van der Waals surface area contributed by atoms with Gasteiger partial charge in [0.05, 0.1) is 6.67 Å². The van der Waals surface area contributed by atoms with E-state index in [2.05, 4.69) is 5.10 Å². The molecule has 1 aromatic rings. The molecule has 0 aliphatic heterocycles. The lowest BCUT2D eigenvalue weighted by Gasteiger charge is -2.18. The summed E-state index contributed by atoms with van der Waals surface area (Å²) in [4.78, 5) is 24.3. The van der Waals surface area contributed by atoms with Crippen LogP contribution in [0.25, 0.3) is 0 Å². The molecule has 0 bridgehead atoms. The van der Waals surface area contributed by atoms with Crippen molar-refractivity contribution in [3.8, 4) is 0 Å². The molecule has 1 heterocycles. The van der Waals surface area contributed by atoms with Gasteiger partial charge in [0.15, 0.2) is 0 Å². The minimum Gasteiger partial charge on any atom is -0.285 e. The van der Waals surface area contributed by atoms with E-state index in [1.165, 1.54) is 16.8 Å². The number of H-pyrrole nitrogens is 1. The Labute approximate surface area is 82.0 Å². The van der Waals surface area contributed by atoms with Crippen LogP contribution < -0.4 is 11.1 Å². The standard InChI is InChI=1S/C9H15N3O2/c1-3-11(4-2)7-12-9(14)6-5-8(13)10-12/h5-6H,3-4,7H2,1-2H3,(H,10,13). The number of aromatic amines is 1. The van der Waals surface area contributed by atoms with E-state index in [9.17, 15) is 9.59 Å². The molecule has 0 atom stereocenters. The van der Waals surface area contributed by atoms with Gasteiger partial charge in [-0.1, -0.05) is 13.8 Å². The maximum Gasteiger partial charge on any atom is 0.266 e. The number of rotatable bonds is 4. The van der Waals surface area contributed by atoms with Crippen molar-refractivity contribution in [2.45, 2.75) is 20.5 Å². The zero-order valence-corrected chi connectivity index (χ0v) is 8.49. The van der Waals surface area contributed by atoms with Gasteiger partial charge in [-0.15, -0.1) is 0 Å². The number of nitrogens with zero attached hydrogens (tertiary/aromatic N) is 2. The van der Waals surface area contributed by atoms with Crippen LogP contribution in [-0.2, 0) is 6.67 Å². The van der Waals surface area contributed by atoms with Gasteiger partial charge < -0.3 is 0 Å². The van der Waals surface area contributed by atoms with Gasteiger partial charge in [0, 0.05) is 12.1 Å². The molecule has 1 N–H and O–H groups in total. The molecule has 0 saturated heterocycles. The van der Waals surface area contributed by atoms with Crippen molar-refractivity contribution in [2.75, 3.05) is 13.1 Å². The summed E-state index contributed by atoms with van der Waals surface area (Å²) >= 11 is 0. The Morgan fingerprint density at radius 2 is 1.93 bits per heavy atom. The van der Waals surface area contributed by atoms with Gasteiger partial charge in [0.2, 0.25) is 0 Å². The molecule has 0 aliphatic rings. The third-order valence-corrected chi connectivity index (χ3v) is 2.12. The highest BCUT2D eigenvalue weighted by Crippen LogP contribution is 1.87. The molecule has 0 fully saturated rings. The average Bonchev–Trinajstić information content (AvgIpc) is 2.19. The molecule has 0 aliphatic carbocycles. The fourth-order valence-electron chi connectivity index (χ4n) is 1.19. The number of aromatic nitrogens is 2. The van der Waals surface area contributed by atoms with Crippen molar-refractivity contribution < 1.29 is 0 Å². The summed E-state index contributed by atoms with van der Waals surface area (Å²) in [6, 6.07) is 2.52. The Kier molecular flexibility index (Phi) is 3.64. The van der Waals surface area contributed by atoms with E-state index in [4.69, 9.17) is 0 Å². The summed E-state index contributed by atoms with van der Waals surface area (Å²) in [6.07, 6.45) is 0. The maximum absolute atomic E-state index is 11.3. The third kappa shape index (κ3) is 2.56. The SMILES string of the molecule is CCN(CC)Cn1[nH]c(=O)ccc1=O. The van der Waals surface area contributed by atoms with Crippen LogP contribution in [0.4, 0.5) is 0 Å². The predicted octanol–water partition coefficient (Wildman–Crippen LogP) is -0.164. The van der Waals surface area contributed by atoms with Crippen molar-refractivity contribution in [1.29, 1.82) is 0 Å². The zero-order chi connectivity index (χ0) is 10.6. The minimum absolute atomic E-state index is 0.184. The zero-order valence-electron chi connectivity index (χ0n) is 8.49. The lowest BCUT2D eigenvalue weighted by molar-refractivity contribution is 0.222. The van der Waals surface area contributed by atoms with Crippen molar-refractivity contribution in [3.05, 3.63) is 32.8 Å². The number of nitrogens with one attached hydrogen (secondary N) is 1. The van der Waals surface area contributed by atoms with Crippen molar-refractivity contribution in [1.82, 2.24) is 14.7 Å². The minimum atomic E-state index is -0.253. The Bertz CT molecular complexity index is 390. The third-order valence-electron chi connectivity index (χ3n) is 2.12. The molecule has 1 rings (SSSR count). The normalized spacial score (nSPS) is 10.8. The predicted molar refractivity (Wildman–Crippen MR) is 54.2 cm³/mol. The first-order chi connectivity index (χ1) is 6.67. The second kappa shape index (κ2) is 4.76. The van der Waals surface area contributed by atoms with Gasteiger partial charge in [-0.2, -0.15) is 0 Å². The molecule has 0 aromatic carbocycles. The Hall–Kier alpha value is -1.36. The highest BCUT2D eigenvalue weighted by molar-refractivity contribution is 4.85. The highest BCUT2D eigenvalue weighted by atomic mass is 16.1. The van der Waals surface area contributed by atoms with Gasteiger partial charge in [0.25, 0.3) is 11.1 Å². The summed E-state index contributed by atoms with van der Waals surface area (Å²) in [7, 11) is 0. The lowest BCUT2D eigenvalue weighted by Crippen LogP contribution is -2.36. The largest absolute Gasteiger partial charge is 0.285 e. The van der Waals surface area contributed by atoms with Crippen LogP contribution in [0.2, 0.25) is 0 Å². The maximum atomic E-state index is 11.3. The first-order valence-corrected chi connectivity index (χ1v) is 4.70. The topological polar surface area (TPSA) is 58.1 Å². The van der Waals surface area contributed by atoms with E-state index in [0.29, 0.717) is 6.67 Å². The number of hydrogen-bond acceptors (Lipinski definition) is 3. The van der Waals surface area contributed by atoms with E-state index in [0.717, 1.165) is 13.1 Å². The monoisotopic (exact) mass is 197 g/mol. The van der Waals surface area contributed by atoms with Crippen molar-refractivity contribution in [2.24, 2.45) is 0 Å². The summed E-state index contributed by atoms with van der Waals surface area (Å²) in [6.45, 7) is 6.15. The molecule has 0 saturated carbocycles. The summed E-state index contributed by atoms with van der Waals surface area (Å²) in [5, 5.41) is 2.48. The van der Waals surface area contributed by atoms with Crippen LogP contribution in [0, 0.1) is 0 Å². The lowest BCUT2D eigenvalue weighted by atomic mass is 10.5. The molecule has 1 aromatic heterocycles. The van der Waals surface area contributed by atoms with E-state index in [1.807, 2.05) is 18.7 Å². The van der Waals surface area contributed by atoms with Crippen LogP contribution >= 0.6 is 0 Å². The molecule has 5 nitrogen and oxygen atoms in total. The first kappa shape index (κ1) is 10.7. The fraction of sp³-hybridized carbons (Fsp3) is 0.556. The fourth-order valence-corrected chi connectivity index (χ4v) is 1.19. The van der Waals surface area contributed by atoms with Gasteiger partial charge in [-0.25, -0.2) is 4.68 Å². The summed E-state index contributed by atoms with van der Waals surface area (Å²) in [5.74, 6) is 0. The van der Waals surface area contributed by atoms with Crippen molar-refractivity contribution >= 4 is 0 Å². The first-order valence-electron chi connectivity index (χ1n) is 4.70. The molecule has 0 unspecified atom stereocenters. The second-order valence-electron chi connectivity index (χ2n) is 3.02. The highest BCUT2D eigenvalue weighted by Gasteiger charge is 2.01. The average molecular weight is 197 g/mol. The molecule has 78 valence electrons. The van der Waals surface area contributed by atoms with Crippen molar-refractivity contribution in [3.63, 3.8) is 0 Å². The van der Waals surface area contributed by atoms with Gasteiger partial charge in [-0.05, 0) is 13.1 Å². The van der Waals surface area contributed by atoms with Crippen LogP contribution in [0.5, 0.6) is 0 Å². The molecular weight excluding hydrogens is 182 g/mol. The van der Waals surface area contributed by atoms with Crippen LogP contribution in [0.15, 0.2) is 21.7 Å². The second-order valence-corrected chi connectivity index (χ2v) is 3.02. The molecule has 14 heavy (non-hydrogen) atoms. The number of hydrogen-bond donors (Lipinski definition) is 1. The molecule has 5 heteroatoms. The van der Waals surface area contributed by atoms with E-state index in [-0.39, 0.29) is 11.1 Å². The quantitative estimate of drug-likeness (QED) is 0.729. The molecule has 0 spiro atoms. The van der Waals surface area contributed by atoms with E-state index >= 15 is 0 Å². The molecular formula is C9H15N3O2. The van der Waals surface area contributed by atoms with Crippen LogP contribution in [-0.4, -0.2) is 27.8 Å².